The zero-order valence-corrected chi connectivity index (χ0v) is 17.7. The van der Waals surface area contributed by atoms with Crippen molar-refractivity contribution in [2.45, 2.75) is 25.0 Å². The van der Waals surface area contributed by atoms with Crippen molar-refractivity contribution in [3.8, 4) is 5.75 Å². The number of benzene rings is 2. The summed E-state index contributed by atoms with van der Waals surface area (Å²) in [6, 6.07) is 11.9. The van der Waals surface area contributed by atoms with Crippen LogP contribution in [-0.4, -0.2) is 46.1 Å². The lowest BCUT2D eigenvalue weighted by Gasteiger charge is -2.28. The Hall–Kier alpha value is -3.29. The van der Waals surface area contributed by atoms with Crippen LogP contribution in [0.3, 0.4) is 0 Å². The van der Waals surface area contributed by atoms with Gasteiger partial charge in [-0.3, -0.25) is 9.59 Å². The standard InChI is InChI=1S/C24H20ClNO6/c25-15-5-8-18-14(10-15)11-19(32-18)22(28)20-21(13-3-6-16(27)7-4-13)26(24(30)23(20)29)12-17-2-1-9-31-17/h3-8,10-11,17,21,27,29H,1-2,9,12H2. The first-order chi connectivity index (χ1) is 15.4. The minimum absolute atomic E-state index is 0.000591. The molecule has 2 unspecified atom stereocenters. The van der Waals surface area contributed by atoms with Crippen molar-refractivity contribution in [1.82, 2.24) is 4.90 Å². The molecule has 1 amide bonds. The van der Waals surface area contributed by atoms with E-state index in [0.29, 0.717) is 28.2 Å². The first kappa shape index (κ1) is 20.6. The summed E-state index contributed by atoms with van der Waals surface area (Å²) in [4.78, 5) is 28.0. The second-order valence-electron chi connectivity index (χ2n) is 7.97. The van der Waals surface area contributed by atoms with E-state index in [1.54, 1.807) is 36.4 Å². The molecule has 0 bridgehead atoms. The number of phenolic OH excluding ortho intramolecular Hbond substituents is 1. The van der Waals surface area contributed by atoms with Gasteiger partial charge in [-0.15, -0.1) is 0 Å². The van der Waals surface area contributed by atoms with E-state index in [2.05, 4.69) is 0 Å². The lowest BCUT2D eigenvalue weighted by atomic mass is 9.94. The van der Waals surface area contributed by atoms with Crippen LogP contribution < -0.4 is 0 Å². The zero-order valence-electron chi connectivity index (χ0n) is 17.0. The summed E-state index contributed by atoms with van der Waals surface area (Å²) in [5.74, 6) is -1.78. The van der Waals surface area contributed by atoms with Crippen molar-refractivity contribution >= 4 is 34.3 Å². The molecule has 7 nitrogen and oxygen atoms in total. The first-order valence-corrected chi connectivity index (χ1v) is 10.7. The topological polar surface area (TPSA) is 100 Å². The average molecular weight is 454 g/mol. The number of nitrogens with zero attached hydrogens (tertiary/aromatic N) is 1. The molecule has 0 radical (unpaired) electrons. The number of rotatable bonds is 5. The summed E-state index contributed by atoms with van der Waals surface area (Å²) in [6.07, 6.45) is 1.51. The third-order valence-electron chi connectivity index (χ3n) is 5.88. The monoisotopic (exact) mass is 453 g/mol. The summed E-state index contributed by atoms with van der Waals surface area (Å²) in [5, 5.41) is 21.6. The minimum atomic E-state index is -0.836. The van der Waals surface area contributed by atoms with Crippen LogP contribution in [0.1, 0.15) is 35.0 Å². The number of carbonyl (C=O) groups excluding carboxylic acids is 2. The van der Waals surface area contributed by atoms with Crippen LogP contribution in [-0.2, 0) is 9.53 Å². The van der Waals surface area contributed by atoms with Gasteiger partial charge in [0.25, 0.3) is 5.91 Å². The lowest BCUT2D eigenvalue weighted by Crippen LogP contribution is -2.37. The summed E-state index contributed by atoms with van der Waals surface area (Å²) < 4.78 is 11.4. The number of furan rings is 1. The molecule has 164 valence electrons. The van der Waals surface area contributed by atoms with E-state index in [4.69, 9.17) is 20.8 Å². The maximum absolute atomic E-state index is 13.5. The number of aliphatic hydroxyl groups is 1. The molecule has 0 saturated carbocycles. The maximum Gasteiger partial charge on any atom is 0.290 e. The number of Topliss-reactive ketones (excluding diaryl/α,β-unsaturated/α-hetero) is 1. The Morgan fingerprint density at radius 1 is 1.12 bits per heavy atom. The number of halogens is 1. The molecule has 1 saturated heterocycles. The van der Waals surface area contributed by atoms with Gasteiger partial charge in [-0.2, -0.15) is 0 Å². The van der Waals surface area contributed by atoms with Gasteiger partial charge in [0, 0.05) is 23.6 Å². The van der Waals surface area contributed by atoms with E-state index in [1.807, 2.05) is 0 Å². The molecular formula is C24H20ClNO6. The van der Waals surface area contributed by atoms with Crippen molar-refractivity contribution < 1.29 is 29.0 Å². The van der Waals surface area contributed by atoms with Gasteiger partial charge in [0.1, 0.15) is 11.3 Å². The Kier molecular flexibility index (Phi) is 5.15. The molecule has 5 rings (SSSR count). The predicted octanol–water partition coefficient (Wildman–Crippen LogP) is 4.55. The van der Waals surface area contributed by atoms with Crippen LogP contribution >= 0.6 is 11.6 Å². The highest BCUT2D eigenvalue weighted by Crippen LogP contribution is 2.40. The van der Waals surface area contributed by atoms with E-state index < -0.39 is 23.5 Å². The number of fused-ring (bicyclic) bond motifs is 1. The molecule has 3 heterocycles. The zero-order chi connectivity index (χ0) is 22.4. The van der Waals surface area contributed by atoms with Crippen LogP contribution in [0.25, 0.3) is 11.0 Å². The van der Waals surface area contributed by atoms with E-state index in [-0.39, 0.29) is 29.7 Å². The fraction of sp³-hybridized carbons (Fsp3) is 0.250. The van der Waals surface area contributed by atoms with Gasteiger partial charge in [-0.05, 0) is 54.8 Å². The SMILES string of the molecule is O=C(C1=C(O)C(=O)N(CC2CCCO2)C1c1ccc(O)cc1)c1cc2cc(Cl)ccc2o1. The largest absolute Gasteiger partial charge is 0.508 e. The van der Waals surface area contributed by atoms with E-state index >= 15 is 0 Å². The number of aliphatic hydroxyl groups excluding tert-OH is 1. The van der Waals surface area contributed by atoms with Crippen LogP contribution in [0.2, 0.25) is 5.02 Å². The van der Waals surface area contributed by atoms with Gasteiger partial charge in [-0.25, -0.2) is 0 Å². The maximum atomic E-state index is 13.5. The van der Waals surface area contributed by atoms with Gasteiger partial charge >= 0.3 is 0 Å². The van der Waals surface area contributed by atoms with Crippen molar-refractivity contribution in [2.24, 2.45) is 0 Å². The van der Waals surface area contributed by atoms with Gasteiger partial charge in [0.15, 0.2) is 11.5 Å². The Morgan fingerprint density at radius 3 is 2.62 bits per heavy atom. The molecule has 0 aliphatic carbocycles. The molecule has 2 N–H and O–H groups in total. The number of carbonyl (C=O) groups is 2. The van der Waals surface area contributed by atoms with Crippen LogP contribution in [0, 0.1) is 0 Å². The summed E-state index contributed by atoms with van der Waals surface area (Å²) in [7, 11) is 0. The van der Waals surface area contributed by atoms with Gasteiger partial charge in [-0.1, -0.05) is 23.7 Å². The predicted molar refractivity (Wildman–Crippen MR) is 117 cm³/mol. The number of hydrogen-bond donors (Lipinski definition) is 2. The Morgan fingerprint density at radius 2 is 1.91 bits per heavy atom. The van der Waals surface area contributed by atoms with Crippen LogP contribution in [0.4, 0.5) is 0 Å². The quantitative estimate of drug-likeness (QED) is 0.550. The fourth-order valence-electron chi connectivity index (χ4n) is 4.34. The summed E-state index contributed by atoms with van der Waals surface area (Å²) in [5.41, 5.74) is 0.990. The third kappa shape index (κ3) is 3.53. The summed E-state index contributed by atoms with van der Waals surface area (Å²) >= 11 is 6.03. The smallest absolute Gasteiger partial charge is 0.290 e. The molecule has 0 spiro atoms. The Labute approximate surface area is 188 Å². The molecule has 2 aromatic carbocycles. The molecule has 8 heteroatoms. The molecule has 2 aliphatic heterocycles. The fourth-order valence-corrected chi connectivity index (χ4v) is 4.52. The van der Waals surface area contributed by atoms with Crippen molar-refractivity contribution in [3.63, 3.8) is 0 Å². The Balaban J connectivity index is 1.57. The molecule has 2 atom stereocenters. The second kappa shape index (κ2) is 8.00. The van der Waals surface area contributed by atoms with Crippen LogP contribution in [0.5, 0.6) is 5.75 Å². The number of ether oxygens (including phenoxy) is 1. The number of hydrogen-bond acceptors (Lipinski definition) is 6. The van der Waals surface area contributed by atoms with Crippen molar-refractivity contribution in [3.05, 3.63) is 76.2 Å². The highest BCUT2D eigenvalue weighted by atomic mass is 35.5. The molecule has 32 heavy (non-hydrogen) atoms. The molecular weight excluding hydrogens is 434 g/mol. The number of ketones is 1. The summed E-state index contributed by atoms with van der Waals surface area (Å²) in [6.45, 7) is 0.851. The van der Waals surface area contributed by atoms with Crippen molar-refractivity contribution in [2.75, 3.05) is 13.2 Å². The van der Waals surface area contributed by atoms with E-state index in [9.17, 15) is 19.8 Å². The molecule has 1 aromatic heterocycles. The van der Waals surface area contributed by atoms with Crippen LogP contribution in [0.15, 0.2) is 64.3 Å². The normalized spacial score (nSPS) is 21.2. The molecule has 2 aliphatic rings. The van der Waals surface area contributed by atoms with Gasteiger partial charge in [0.2, 0.25) is 5.78 Å². The van der Waals surface area contributed by atoms with Gasteiger partial charge < -0.3 is 24.3 Å². The minimum Gasteiger partial charge on any atom is -0.508 e. The van der Waals surface area contributed by atoms with Crippen molar-refractivity contribution in [1.29, 1.82) is 0 Å². The average Bonchev–Trinajstić information content (AvgIpc) is 3.49. The number of phenols is 1. The van der Waals surface area contributed by atoms with Gasteiger partial charge in [0.05, 0.1) is 17.7 Å². The number of amides is 1. The van der Waals surface area contributed by atoms with E-state index in [0.717, 1.165) is 12.8 Å². The van der Waals surface area contributed by atoms with E-state index in [1.165, 1.54) is 17.0 Å². The Bertz CT molecular complexity index is 1240. The molecule has 1 fully saturated rings. The highest BCUT2D eigenvalue weighted by Gasteiger charge is 2.45. The second-order valence-corrected chi connectivity index (χ2v) is 8.41. The first-order valence-electron chi connectivity index (χ1n) is 10.3. The molecule has 3 aromatic rings. The number of aromatic hydroxyl groups is 1. The highest BCUT2D eigenvalue weighted by molar-refractivity contribution is 6.31. The third-order valence-corrected chi connectivity index (χ3v) is 6.12. The lowest BCUT2D eigenvalue weighted by molar-refractivity contribution is -0.131.